The van der Waals surface area contributed by atoms with Gasteiger partial charge in [-0.25, -0.2) is 9.37 Å². The molecule has 1 aromatic heterocycles. The minimum absolute atomic E-state index is 0.232. The van der Waals surface area contributed by atoms with Gasteiger partial charge in [0, 0.05) is 30.3 Å². The predicted octanol–water partition coefficient (Wildman–Crippen LogP) is 6.42. The summed E-state index contributed by atoms with van der Waals surface area (Å²) in [5.74, 6) is -0.232. The lowest BCUT2D eigenvalue weighted by Gasteiger charge is -2.20. The van der Waals surface area contributed by atoms with E-state index in [0.29, 0.717) is 6.54 Å². The number of anilines is 1. The zero-order valence-electron chi connectivity index (χ0n) is 18.1. The van der Waals surface area contributed by atoms with Gasteiger partial charge in [0.2, 0.25) is 0 Å². The molecule has 4 rings (SSSR count). The second-order valence-electron chi connectivity index (χ2n) is 7.76. The summed E-state index contributed by atoms with van der Waals surface area (Å²) in [6.07, 6.45) is 3.65. The van der Waals surface area contributed by atoms with Crippen molar-refractivity contribution in [3.05, 3.63) is 100.0 Å². The van der Waals surface area contributed by atoms with Crippen LogP contribution in [-0.2, 0) is 6.42 Å². The molecule has 0 saturated carbocycles. The number of rotatable bonds is 7. The quantitative estimate of drug-likeness (QED) is 0.432. The van der Waals surface area contributed by atoms with Crippen molar-refractivity contribution in [3.63, 3.8) is 0 Å². The molecule has 0 amide bonds. The standard InChI is InChI=1S/C26H26FN3S/c1-4-19-6-12-22(13-7-19)30(3)17-24-25(31-26-14-5-18(2)16-28-26)15-23(29-24)20-8-10-21(27)11-9-20/h5-14,16H,4,15,17H2,1-3H3. The van der Waals surface area contributed by atoms with Crippen LogP contribution in [0.4, 0.5) is 10.1 Å². The Morgan fingerprint density at radius 1 is 1.00 bits per heavy atom. The van der Waals surface area contributed by atoms with Gasteiger partial charge in [0.1, 0.15) is 10.8 Å². The molecule has 0 atom stereocenters. The molecule has 5 heteroatoms. The highest BCUT2D eigenvalue weighted by molar-refractivity contribution is 8.03. The van der Waals surface area contributed by atoms with Crippen LogP contribution in [0.25, 0.3) is 0 Å². The SMILES string of the molecule is CCc1ccc(N(C)CC2=C(Sc3ccc(C)cn3)CC(c3ccc(F)cc3)=N2)cc1. The summed E-state index contributed by atoms with van der Waals surface area (Å²) in [5, 5.41) is 0.962. The van der Waals surface area contributed by atoms with E-state index in [2.05, 4.69) is 54.2 Å². The van der Waals surface area contributed by atoms with Crippen molar-refractivity contribution in [1.82, 2.24) is 4.98 Å². The van der Waals surface area contributed by atoms with Gasteiger partial charge < -0.3 is 4.90 Å². The van der Waals surface area contributed by atoms with Crippen LogP contribution in [0.3, 0.4) is 0 Å². The Morgan fingerprint density at radius 2 is 1.74 bits per heavy atom. The Hall–Kier alpha value is -2.92. The summed E-state index contributed by atoms with van der Waals surface area (Å²) < 4.78 is 13.4. The number of thioether (sulfide) groups is 1. The smallest absolute Gasteiger partial charge is 0.123 e. The van der Waals surface area contributed by atoms with Gasteiger partial charge in [0.25, 0.3) is 0 Å². The average molecular weight is 432 g/mol. The lowest BCUT2D eigenvalue weighted by Crippen LogP contribution is -2.19. The summed E-state index contributed by atoms with van der Waals surface area (Å²) in [6.45, 7) is 4.90. The van der Waals surface area contributed by atoms with Gasteiger partial charge in [0.05, 0.1) is 18.0 Å². The number of halogens is 1. The van der Waals surface area contributed by atoms with Crippen LogP contribution in [0.15, 0.2) is 87.5 Å². The number of aromatic nitrogens is 1. The second kappa shape index (κ2) is 9.48. The van der Waals surface area contributed by atoms with Gasteiger partial charge in [-0.15, -0.1) is 0 Å². The first-order chi connectivity index (χ1) is 15.0. The molecule has 1 aliphatic rings. The third-order valence-corrected chi connectivity index (χ3v) is 6.46. The average Bonchev–Trinajstić information content (AvgIpc) is 3.18. The Bertz CT molecular complexity index is 1100. The minimum Gasteiger partial charge on any atom is -0.369 e. The van der Waals surface area contributed by atoms with Gasteiger partial charge in [-0.1, -0.05) is 49.0 Å². The molecule has 0 radical (unpaired) electrons. The fourth-order valence-corrected chi connectivity index (χ4v) is 4.42. The Balaban J connectivity index is 1.60. The van der Waals surface area contributed by atoms with E-state index in [1.807, 2.05) is 19.2 Å². The number of pyridine rings is 1. The monoisotopic (exact) mass is 431 g/mol. The van der Waals surface area contributed by atoms with E-state index >= 15 is 0 Å². The highest BCUT2D eigenvalue weighted by atomic mass is 32.2. The fourth-order valence-electron chi connectivity index (χ4n) is 3.49. The number of aryl methyl sites for hydroxylation is 2. The largest absolute Gasteiger partial charge is 0.369 e. The lowest BCUT2D eigenvalue weighted by molar-refractivity contribution is 0.628. The van der Waals surface area contributed by atoms with Crippen molar-refractivity contribution in [3.8, 4) is 0 Å². The zero-order chi connectivity index (χ0) is 21.8. The molecule has 3 aromatic rings. The maximum atomic E-state index is 13.4. The molecule has 0 unspecified atom stereocenters. The molecule has 0 bridgehead atoms. The van der Waals surface area contributed by atoms with E-state index in [9.17, 15) is 4.39 Å². The summed E-state index contributed by atoms with van der Waals surface area (Å²) >= 11 is 1.67. The van der Waals surface area contributed by atoms with Crippen LogP contribution >= 0.6 is 11.8 Å². The molecule has 31 heavy (non-hydrogen) atoms. The van der Waals surface area contributed by atoms with Crippen LogP contribution < -0.4 is 4.90 Å². The van der Waals surface area contributed by atoms with E-state index in [1.54, 1.807) is 23.9 Å². The summed E-state index contributed by atoms with van der Waals surface area (Å²) in [7, 11) is 2.09. The van der Waals surface area contributed by atoms with Crippen molar-refractivity contribution >= 4 is 23.2 Å². The summed E-state index contributed by atoms with van der Waals surface area (Å²) in [6, 6.07) is 19.4. The molecular formula is C26H26FN3S. The molecule has 2 heterocycles. The van der Waals surface area contributed by atoms with Crippen LogP contribution in [0.2, 0.25) is 0 Å². The molecule has 2 aromatic carbocycles. The summed E-state index contributed by atoms with van der Waals surface area (Å²) in [4.78, 5) is 12.9. The highest BCUT2D eigenvalue weighted by Crippen LogP contribution is 2.36. The van der Waals surface area contributed by atoms with Gasteiger partial charge in [-0.2, -0.15) is 0 Å². The second-order valence-corrected chi connectivity index (χ2v) is 8.88. The number of benzene rings is 2. The van der Waals surface area contributed by atoms with Crippen molar-refractivity contribution in [2.24, 2.45) is 4.99 Å². The molecule has 0 saturated heterocycles. The van der Waals surface area contributed by atoms with Crippen LogP contribution in [0, 0.1) is 12.7 Å². The third-order valence-electron chi connectivity index (χ3n) is 5.38. The topological polar surface area (TPSA) is 28.5 Å². The lowest BCUT2D eigenvalue weighted by atomic mass is 10.1. The number of nitrogens with zero attached hydrogens (tertiary/aromatic N) is 3. The number of aliphatic imine (C=N–C) groups is 1. The highest BCUT2D eigenvalue weighted by Gasteiger charge is 2.22. The van der Waals surface area contributed by atoms with Crippen LogP contribution in [0.1, 0.15) is 30.0 Å². The fraction of sp³-hybridized carbons (Fsp3) is 0.231. The normalized spacial score (nSPS) is 13.5. The van der Waals surface area contributed by atoms with E-state index < -0.39 is 0 Å². The van der Waals surface area contributed by atoms with Crippen molar-refractivity contribution < 1.29 is 4.39 Å². The third kappa shape index (κ3) is 5.23. The number of hydrogen-bond donors (Lipinski definition) is 0. The van der Waals surface area contributed by atoms with E-state index in [0.717, 1.165) is 46.1 Å². The molecule has 3 nitrogen and oxygen atoms in total. The molecule has 1 aliphatic heterocycles. The molecule has 0 aliphatic carbocycles. The van der Waals surface area contributed by atoms with Crippen molar-refractivity contribution in [1.29, 1.82) is 0 Å². The van der Waals surface area contributed by atoms with Gasteiger partial charge in [-0.3, -0.25) is 4.99 Å². The first kappa shape index (κ1) is 21.3. The molecule has 0 fully saturated rings. The first-order valence-corrected chi connectivity index (χ1v) is 11.3. The Morgan fingerprint density at radius 3 is 2.39 bits per heavy atom. The maximum absolute atomic E-state index is 13.4. The first-order valence-electron chi connectivity index (χ1n) is 10.5. The number of allylic oxidation sites excluding steroid dienone is 1. The van der Waals surface area contributed by atoms with Crippen LogP contribution in [-0.4, -0.2) is 24.3 Å². The van der Waals surface area contributed by atoms with Crippen molar-refractivity contribution in [2.75, 3.05) is 18.5 Å². The van der Waals surface area contributed by atoms with E-state index in [-0.39, 0.29) is 5.82 Å². The van der Waals surface area contributed by atoms with Gasteiger partial charge >= 0.3 is 0 Å². The zero-order valence-corrected chi connectivity index (χ0v) is 18.9. The Kier molecular flexibility index (Phi) is 6.52. The van der Waals surface area contributed by atoms with Crippen LogP contribution in [0.5, 0.6) is 0 Å². The molecule has 158 valence electrons. The molecule has 0 spiro atoms. The summed E-state index contributed by atoms with van der Waals surface area (Å²) in [5.41, 5.74) is 6.60. The maximum Gasteiger partial charge on any atom is 0.123 e. The minimum atomic E-state index is -0.232. The van der Waals surface area contributed by atoms with E-state index in [4.69, 9.17) is 4.99 Å². The van der Waals surface area contributed by atoms with Gasteiger partial charge in [0.15, 0.2) is 0 Å². The number of hydrogen-bond acceptors (Lipinski definition) is 4. The van der Waals surface area contributed by atoms with Crippen molar-refractivity contribution in [2.45, 2.75) is 31.7 Å². The molecule has 0 N–H and O–H groups in total. The van der Waals surface area contributed by atoms with E-state index in [1.165, 1.54) is 22.6 Å². The Labute approximate surface area is 187 Å². The predicted molar refractivity (Wildman–Crippen MR) is 129 cm³/mol. The molecular weight excluding hydrogens is 405 g/mol. The number of likely N-dealkylation sites (N-methyl/N-ethyl adjacent to an activating group) is 1. The van der Waals surface area contributed by atoms with Gasteiger partial charge in [-0.05, 0) is 60.4 Å².